The van der Waals surface area contributed by atoms with Gasteiger partial charge in [-0.1, -0.05) is 48.0 Å². The van der Waals surface area contributed by atoms with Gasteiger partial charge in [-0.2, -0.15) is 0 Å². The Morgan fingerprint density at radius 3 is 2.00 bits per heavy atom. The predicted octanol–water partition coefficient (Wildman–Crippen LogP) is 5.30. The van der Waals surface area contributed by atoms with E-state index in [1.165, 1.54) is 5.56 Å². The lowest BCUT2D eigenvalue weighted by Crippen LogP contribution is -2.47. The molecule has 1 aliphatic heterocycles. The van der Waals surface area contributed by atoms with Crippen molar-refractivity contribution in [2.45, 2.75) is 13.0 Å². The molecule has 0 radical (unpaired) electrons. The van der Waals surface area contributed by atoms with Crippen molar-refractivity contribution in [2.24, 2.45) is 0 Å². The highest BCUT2D eigenvalue weighted by Crippen LogP contribution is 2.28. The molecule has 0 saturated carbocycles. The minimum atomic E-state index is 0.501. The van der Waals surface area contributed by atoms with Gasteiger partial charge in [0.2, 0.25) is 0 Å². The molecule has 6 heteroatoms. The molecule has 174 valence electrons. The van der Waals surface area contributed by atoms with Crippen LogP contribution in [0.25, 0.3) is 0 Å². The first kappa shape index (κ1) is 23.3. The van der Waals surface area contributed by atoms with Crippen LogP contribution < -0.4 is 19.1 Å². The minimum Gasteiger partial charge on any atom is -0.496 e. The summed E-state index contributed by atoms with van der Waals surface area (Å²) in [7, 11) is 3.27. The number of methoxy groups -OCH3 is 2. The van der Waals surface area contributed by atoms with Gasteiger partial charge in [0, 0.05) is 50.9 Å². The van der Waals surface area contributed by atoms with Crippen LogP contribution in [0.5, 0.6) is 17.2 Å². The van der Waals surface area contributed by atoms with Crippen LogP contribution in [0.2, 0.25) is 5.02 Å². The zero-order chi connectivity index (χ0) is 23.0. The molecule has 5 nitrogen and oxygen atoms in total. The summed E-state index contributed by atoms with van der Waals surface area (Å²) in [5, 5.41) is 0.834. The number of rotatable bonds is 9. The van der Waals surface area contributed by atoms with Gasteiger partial charge < -0.3 is 19.1 Å². The standard InChI is InChI=1S/C27H31ClN2O3/c1-31-23-17-24(32-2)19-25(18-23)33-20-22-9-7-21(8-10-22)11-12-29-13-15-30(16-14-29)27-6-4-3-5-26(27)28/h3-10,17-19H,11-16,20H2,1-2H3. The lowest BCUT2D eigenvalue weighted by Gasteiger charge is -2.36. The van der Waals surface area contributed by atoms with Crippen LogP contribution in [0, 0.1) is 0 Å². The van der Waals surface area contributed by atoms with Crippen LogP contribution in [-0.2, 0) is 13.0 Å². The van der Waals surface area contributed by atoms with Gasteiger partial charge in [0.25, 0.3) is 0 Å². The molecule has 0 N–H and O–H groups in total. The monoisotopic (exact) mass is 466 g/mol. The molecular formula is C27H31ClN2O3. The summed E-state index contributed by atoms with van der Waals surface area (Å²) in [6, 6.07) is 22.3. The molecular weight excluding hydrogens is 436 g/mol. The summed E-state index contributed by atoms with van der Waals surface area (Å²) >= 11 is 6.36. The number of halogens is 1. The number of ether oxygens (including phenoxy) is 3. The first-order chi connectivity index (χ1) is 16.1. The Labute approximate surface area is 201 Å². The lowest BCUT2D eigenvalue weighted by atomic mass is 10.1. The van der Waals surface area contributed by atoms with Crippen LogP contribution in [0.3, 0.4) is 0 Å². The fourth-order valence-corrected chi connectivity index (χ4v) is 4.30. The van der Waals surface area contributed by atoms with Crippen molar-refractivity contribution in [2.75, 3.05) is 51.8 Å². The molecule has 0 aromatic heterocycles. The average molecular weight is 467 g/mol. The first-order valence-corrected chi connectivity index (χ1v) is 11.7. The van der Waals surface area contributed by atoms with E-state index >= 15 is 0 Å². The Morgan fingerprint density at radius 1 is 0.758 bits per heavy atom. The average Bonchev–Trinajstić information content (AvgIpc) is 2.87. The van der Waals surface area contributed by atoms with Gasteiger partial charge in [0.15, 0.2) is 0 Å². The van der Waals surface area contributed by atoms with Gasteiger partial charge in [-0.05, 0) is 29.7 Å². The van der Waals surface area contributed by atoms with E-state index in [-0.39, 0.29) is 0 Å². The Balaban J connectivity index is 1.23. The van der Waals surface area contributed by atoms with Crippen LogP contribution >= 0.6 is 11.6 Å². The SMILES string of the molecule is COc1cc(OC)cc(OCc2ccc(CCN3CCN(c4ccccc4Cl)CC3)cc2)c1. The Hall–Kier alpha value is -2.89. The third kappa shape index (κ3) is 6.34. The molecule has 1 fully saturated rings. The van der Waals surface area contributed by atoms with E-state index < -0.39 is 0 Å². The third-order valence-corrected chi connectivity index (χ3v) is 6.36. The minimum absolute atomic E-state index is 0.501. The molecule has 1 aliphatic rings. The number of hydrogen-bond acceptors (Lipinski definition) is 5. The quantitative estimate of drug-likeness (QED) is 0.427. The van der Waals surface area contributed by atoms with Gasteiger partial charge in [-0.3, -0.25) is 4.90 Å². The number of anilines is 1. The first-order valence-electron chi connectivity index (χ1n) is 11.3. The topological polar surface area (TPSA) is 34.2 Å². The van der Waals surface area contributed by atoms with Gasteiger partial charge >= 0.3 is 0 Å². The lowest BCUT2D eigenvalue weighted by molar-refractivity contribution is 0.261. The highest BCUT2D eigenvalue weighted by Gasteiger charge is 2.18. The molecule has 0 amide bonds. The number of benzene rings is 3. The number of hydrogen-bond donors (Lipinski definition) is 0. The van der Waals surface area contributed by atoms with Crippen LogP contribution in [0.15, 0.2) is 66.7 Å². The van der Waals surface area contributed by atoms with Gasteiger partial charge in [0.1, 0.15) is 23.9 Å². The fourth-order valence-electron chi connectivity index (χ4n) is 4.04. The van der Waals surface area contributed by atoms with E-state index in [2.05, 4.69) is 46.2 Å². The maximum Gasteiger partial charge on any atom is 0.127 e. The van der Waals surface area contributed by atoms with Crippen molar-refractivity contribution in [3.8, 4) is 17.2 Å². The molecule has 1 saturated heterocycles. The molecule has 0 spiro atoms. The summed E-state index contributed by atoms with van der Waals surface area (Å²) in [5.74, 6) is 2.16. The van der Waals surface area contributed by atoms with E-state index in [1.54, 1.807) is 14.2 Å². The summed E-state index contributed by atoms with van der Waals surface area (Å²) in [5.41, 5.74) is 3.62. The maximum absolute atomic E-state index is 6.36. The van der Waals surface area contributed by atoms with Crippen molar-refractivity contribution in [3.05, 3.63) is 82.9 Å². The molecule has 3 aromatic carbocycles. The van der Waals surface area contributed by atoms with E-state index in [1.807, 2.05) is 30.3 Å². The third-order valence-electron chi connectivity index (χ3n) is 6.04. The molecule has 0 aliphatic carbocycles. The highest BCUT2D eigenvalue weighted by molar-refractivity contribution is 6.33. The normalized spacial score (nSPS) is 14.2. The summed E-state index contributed by atoms with van der Waals surface area (Å²) in [6.07, 6.45) is 1.04. The van der Waals surface area contributed by atoms with Crippen molar-refractivity contribution in [1.29, 1.82) is 0 Å². The van der Waals surface area contributed by atoms with E-state index in [0.717, 1.165) is 61.2 Å². The molecule has 33 heavy (non-hydrogen) atoms. The fraction of sp³-hybridized carbons (Fsp3) is 0.333. The summed E-state index contributed by atoms with van der Waals surface area (Å²) < 4.78 is 16.6. The molecule has 3 aromatic rings. The van der Waals surface area contributed by atoms with Gasteiger partial charge in [-0.25, -0.2) is 0 Å². The Kier molecular flexibility index (Phi) is 7.97. The van der Waals surface area contributed by atoms with Crippen LogP contribution in [-0.4, -0.2) is 51.8 Å². The molecule has 0 unspecified atom stereocenters. The second-order valence-electron chi connectivity index (χ2n) is 8.18. The van der Waals surface area contributed by atoms with Gasteiger partial charge in [-0.15, -0.1) is 0 Å². The summed E-state index contributed by atoms with van der Waals surface area (Å²) in [4.78, 5) is 4.91. The zero-order valence-electron chi connectivity index (χ0n) is 19.3. The second-order valence-corrected chi connectivity index (χ2v) is 8.59. The van der Waals surface area contributed by atoms with Crippen LogP contribution in [0.1, 0.15) is 11.1 Å². The van der Waals surface area contributed by atoms with Crippen molar-refractivity contribution >= 4 is 17.3 Å². The summed E-state index contributed by atoms with van der Waals surface area (Å²) in [6.45, 7) is 5.70. The smallest absolute Gasteiger partial charge is 0.127 e. The highest BCUT2D eigenvalue weighted by atomic mass is 35.5. The number of nitrogens with zero attached hydrogens (tertiary/aromatic N) is 2. The number of para-hydroxylation sites is 1. The van der Waals surface area contributed by atoms with Crippen LogP contribution in [0.4, 0.5) is 5.69 Å². The van der Waals surface area contributed by atoms with E-state index in [9.17, 15) is 0 Å². The van der Waals surface area contributed by atoms with Crippen molar-refractivity contribution in [3.63, 3.8) is 0 Å². The second kappa shape index (κ2) is 11.3. The zero-order valence-corrected chi connectivity index (χ0v) is 20.1. The van der Waals surface area contributed by atoms with Gasteiger partial charge in [0.05, 0.1) is 24.9 Å². The van der Waals surface area contributed by atoms with Crippen molar-refractivity contribution in [1.82, 2.24) is 4.90 Å². The van der Waals surface area contributed by atoms with Crippen molar-refractivity contribution < 1.29 is 14.2 Å². The molecule has 0 bridgehead atoms. The van der Waals surface area contributed by atoms with E-state index in [0.29, 0.717) is 18.1 Å². The molecule has 0 atom stereocenters. The van der Waals surface area contributed by atoms with E-state index in [4.69, 9.17) is 25.8 Å². The Bertz CT molecular complexity index is 1010. The Morgan fingerprint density at radius 2 is 1.36 bits per heavy atom. The number of piperazine rings is 1. The molecule has 1 heterocycles. The predicted molar refractivity (Wildman–Crippen MR) is 134 cm³/mol. The largest absolute Gasteiger partial charge is 0.496 e. The maximum atomic E-state index is 6.36. The molecule has 4 rings (SSSR count).